The molecule has 0 aliphatic carbocycles. The Morgan fingerprint density at radius 1 is 1.03 bits per heavy atom. The number of benzene rings is 2. The van der Waals surface area contributed by atoms with Gasteiger partial charge in [0.1, 0.15) is 11.9 Å². The van der Waals surface area contributed by atoms with E-state index in [2.05, 4.69) is 17.6 Å². The maximum Gasteiger partial charge on any atom is 0.243 e. The van der Waals surface area contributed by atoms with E-state index >= 15 is 0 Å². The highest BCUT2D eigenvalue weighted by Crippen LogP contribution is 2.20. The van der Waals surface area contributed by atoms with Gasteiger partial charge in [0, 0.05) is 45.0 Å². The van der Waals surface area contributed by atoms with E-state index in [0.29, 0.717) is 50.6 Å². The van der Waals surface area contributed by atoms with Crippen LogP contribution in [0, 0.1) is 5.82 Å². The van der Waals surface area contributed by atoms with Crippen LogP contribution in [0.15, 0.2) is 48.5 Å². The highest BCUT2D eigenvalue weighted by Gasteiger charge is 2.35. The van der Waals surface area contributed by atoms with Crippen LogP contribution in [-0.2, 0) is 20.8 Å². The molecule has 0 aromatic heterocycles. The summed E-state index contributed by atoms with van der Waals surface area (Å²) >= 11 is 0. The topological polar surface area (TPSA) is 85.0 Å². The maximum absolute atomic E-state index is 14.1. The first-order valence-electron chi connectivity index (χ1n) is 12.1. The number of amides is 3. The number of carbonyl (C=O) groups is 3. The largest absolute Gasteiger partial charge is 0.367 e. The summed E-state index contributed by atoms with van der Waals surface area (Å²) in [6.07, 6.45) is 0.805. The van der Waals surface area contributed by atoms with E-state index in [0.717, 1.165) is 6.42 Å². The Morgan fingerprint density at radius 2 is 1.74 bits per heavy atom. The predicted octanol–water partition coefficient (Wildman–Crippen LogP) is 1.87. The van der Waals surface area contributed by atoms with Crippen LogP contribution in [0.2, 0.25) is 0 Å². The van der Waals surface area contributed by atoms with E-state index in [1.54, 1.807) is 12.1 Å². The standard InChI is InChI=1S/C26H32FN5O3/c1-2-19-7-9-20(10-8-19)29-24(33)17-23-26(35)28-11-12-32(23)25(34)18-30-13-15-31(16-14-30)22-6-4-3-5-21(22)27/h3-10,23H,2,11-18H2,1H3,(H,28,35)(H,29,33)/t23-/m1/s1. The molecule has 186 valence electrons. The van der Waals surface area contributed by atoms with Crippen molar-refractivity contribution in [3.63, 3.8) is 0 Å². The van der Waals surface area contributed by atoms with Crippen molar-refractivity contribution in [1.82, 2.24) is 15.1 Å². The molecule has 2 aliphatic rings. The number of aryl methyl sites for hydroxylation is 1. The Morgan fingerprint density at radius 3 is 2.43 bits per heavy atom. The Hall–Kier alpha value is -3.46. The number of nitrogens with one attached hydrogen (secondary N) is 2. The zero-order valence-corrected chi connectivity index (χ0v) is 20.0. The molecule has 2 aromatic rings. The molecule has 2 saturated heterocycles. The van der Waals surface area contributed by atoms with Gasteiger partial charge >= 0.3 is 0 Å². The molecule has 0 bridgehead atoms. The third-order valence-corrected chi connectivity index (χ3v) is 6.60. The smallest absolute Gasteiger partial charge is 0.243 e. The summed E-state index contributed by atoms with van der Waals surface area (Å²) < 4.78 is 14.1. The van der Waals surface area contributed by atoms with Gasteiger partial charge in [-0.15, -0.1) is 0 Å². The van der Waals surface area contributed by atoms with Crippen LogP contribution in [0.5, 0.6) is 0 Å². The summed E-state index contributed by atoms with van der Waals surface area (Å²) in [5.41, 5.74) is 2.40. The quantitative estimate of drug-likeness (QED) is 0.631. The average molecular weight is 482 g/mol. The summed E-state index contributed by atoms with van der Waals surface area (Å²) in [5.74, 6) is -1.05. The van der Waals surface area contributed by atoms with Crippen LogP contribution in [0.25, 0.3) is 0 Å². The minimum Gasteiger partial charge on any atom is -0.367 e. The monoisotopic (exact) mass is 481 g/mol. The second kappa shape index (κ2) is 11.3. The molecule has 2 N–H and O–H groups in total. The molecule has 2 aromatic carbocycles. The normalized spacial score (nSPS) is 18.8. The van der Waals surface area contributed by atoms with E-state index in [-0.39, 0.29) is 36.5 Å². The number of piperazine rings is 2. The lowest BCUT2D eigenvalue weighted by atomic mass is 10.1. The third kappa shape index (κ3) is 6.16. The first-order valence-corrected chi connectivity index (χ1v) is 12.1. The van der Waals surface area contributed by atoms with E-state index in [1.807, 2.05) is 40.1 Å². The van der Waals surface area contributed by atoms with Crippen LogP contribution < -0.4 is 15.5 Å². The van der Waals surface area contributed by atoms with Crippen LogP contribution >= 0.6 is 0 Å². The van der Waals surface area contributed by atoms with Crippen molar-refractivity contribution in [3.05, 3.63) is 59.9 Å². The van der Waals surface area contributed by atoms with Gasteiger partial charge in [-0.25, -0.2) is 4.39 Å². The molecular weight excluding hydrogens is 449 g/mol. The highest BCUT2D eigenvalue weighted by molar-refractivity contribution is 5.97. The zero-order chi connectivity index (χ0) is 24.8. The maximum atomic E-state index is 14.1. The van der Waals surface area contributed by atoms with Crippen molar-refractivity contribution in [1.29, 1.82) is 0 Å². The molecule has 4 rings (SSSR count). The minimum atomic E-state index is -0.842. The fourth-order valence-electron chi connectivity index (χ4n) is 4.56. The molecule has 0 unspecified atom stereocenters. The van der Waals surface area contributed by atoms with E-state index in [1.165, 1.54) is 16.5 Å². The van der Waals surface area contributed by atoms with Gasteiger partial charge in [0.25, 0.3) is 0 Å². The van der Waals surface area contributed by atoms with Crippen LogP contribution in [0.4, 0.5) is 15.8 Å². The van der Waals surface area contributed by atoms with E-state index in [4.69, 9.17) is 0 Å². The molecule has 0 radical (unpaired) electrons. The molecule has 1 atom stereocenters. The van der Waals surface area contributed by atoms with Gasteiger partial charge in [0.05, 0.1) is 18.7 Å². The number of hydrogen-bond acceptors (Lipinski definition) is 5. The molecule has 2 fully saturated rings. The molecular formula is C26H32FN5O3. The first kappa shape index (κ1) is 24.7. The number of para-hydroxylation sites is 1. The molecule has 9 heteroatoms. The SMILES string of the molecule is CCc1ccc(NC(=O)C[C@@H]2C(=O)NCCN2C(=O)CN2CCN(c3ccccc3F)CC2)cc1. The fourth-order valence-corrected chi connectivity index (χ4v) is 4.56. The Labute approximate surface area is 205 Å². The average Bonchev–Trinajstić information content (AvgIpc) is 2.86. The van der Waals surface area contributed by atoms with Gasteiger partial charge in [-0.2, -0.15) is 0 Å². The van der Waals surface area contributed by atoms with Crippen LogP contribution in [0.3, 0.4) is 0 Å². The summed E-state index contributed by atoms with van der Waals surface area (Å²) in [5, 5.41) is 5.59. The van der Waals surface area contributed by atoms with Crippen molar-refractivity contribution >= 4 is 29.1 Å². The molecule has 0 spiro atoms. The zero-order valence-electron chi connectivity index (χ0n) is 20.0. The van der Waals surface area contributed by atoms with Crippen LogP contribution in [-0.4, -0.2) is 79.4 Å². The van der Waals surface area contributed by atoms with Crippen molar-refractivity contribution < 1.29 is 18.8 Å². The fraction of sp³-hybridized carbons (Fsp3) is 0.423. The Balaban J connectivity index is 1.32. The van der Waals surface area contributed by atoms with Gasteiger partial charge in [-0.05, 0) is 36.2 Å². The summed E-state index contributed by atoms with van der Waals surface area (Å²) in [7, 11) is 0. The Bertz CT molecular complexity index is 1050. The number of rotatable bonds is 7. The van der Waals surface area contributed by atoms with Gasteiger partial charge in [0.2, 0.25) is 17.7 Å². The van der Waals surface area contributed by atoms with Crippen molar-refractivity contribution in [2.24, 2.45) is 0 Å². The van der Waals surface area contributed by atoms with Gasteiger partial charge in [-0.1, -0.05) is 31.2 Å². The number of halogens is 1. The molecule has 0 saturated carbocycles. The molecule has 35 heavy (non-hydrogen) atoms. The molecule has 3 amide bonds. The predicted molar refractivity (Wildman–Crippen MR) is 133 cm³/mol. The van der Waals surface area contributed by atoms with E-state index in [9.17, 15) is 18.8 Å². The number of nitrogens with zero attached hydrogens (tertiary/aromatic N) is 3. The molecule has 8 nitrogen and oxygen atoms in total. The second-order valence-corrected chi connectivity index (χ2v) is 8.91. The van der Waals surface area contributed by atoms with Gasteiger partial charge < -0.3 is 20.4 Å². The highest BCUT2D eigenvalue weighted by atomic mass is 19.1. The summed E-state index contributed by atoms with van der Waals surface area (Å²) in [6, 6.07) is 13.4. The second-order valence-electron chi connectivity index (χ2n) is 8.91. The lowest BCUT2D eigenvalue weighted by Crippen LogP contribution is -2.60. The summed E-state index contributed by atoms with van der Waals surface area (Å²) in [6.45, 7) is 5.39. The van der Waals surface area contributed by atoms with E-state index < -0.39 is 6.04 Å². The lowest BCUT2D eigenvalue weighted by Gasteiger charge is -2.39. The summed E-state index contributed by atoms with van der Waals surface area (Å²) in [4.78, 5) is 43.9. The van der Waals surface area contributed by atoms with Crippen molar-refractivity contribution in [2.75, 3.05) is 56.0 Å². The first-order chi connectivity index (χ1) is 16.9. The number of hydrogen-bond donors (Lipinski definition) is 2. The number of carbonyl (C=O) groups excluding carboxylic acids is 3. The van der Waals surface area contributed by atoms with Crippen molar-refractivity contribution in [3.8, 4) is 0 Å². The number of anilines is 2. The molecule has 2 heterocycles. The minimum absolute atomic E-state index is 0.103. The Kier molecular flexibility index (Phi) is 7.97. The molecule has 2 aliphatic heterocycles. The van der Waals surface area contributed by atoms with Crippen molar-refractivity contribution in [2.45, 2.75) is 25.8 Å². The van der Waals surface area contributed by atoms with Gasteiger partial charge in [-0.3, -0.25) is 19.3 Å². The van der Waals surface area contributed by atoms with Gasteiger partial charge in [0.15, 0.2) is 0 Å². The van der Waals surface area contributed by atoms with Crippen LogP contribution in [0.1, 0.15) is 18.9 Å². The third-order valence-electron chi connectivity index (χ3n) is 6.60. The lowest BCUT2D eigenvalue weighted by molar-refractivity contribution is -0.145.